The Balaban J connectivity index is 0.000000258. The lowest BCUT2D eigenvalue weighted by Gasteiger charge is -2.09. The Bertz CT molecular complexity index is 2580. The van der Waals surface area contributed by atoms with E-state index < -0.39 is 9.84 Å². The van der Waals surface area contributed by atoms with Crippen LogP contribution in [0.2, 0.25) is 0 Å². The van der Waals surface area contributed by atoms with Gasteiger partial charge < -0.3 is 18.9 Å². The van der Waals surface area contributed by atoms with Crippen molar-refractivity contribution in [3.05, 3.63) is 161 Å². The normalized spacial score (nSPS) is 12.5. The highest BCUT2D eigenvalue weighted by molar-refractivity contribution is 7.91. The molecular weight excluding hydrogens is 797 g/mol. The number of carbonyl (C=O) groups is 4. The van der Waals surface area contributed by atoms with Gasteiger partial charge in [0.2, 0.25) is 16.6 Å². The number of fused-ring (bicyclic) bond motifs is 2. The van der Waals surface area contributed by atoms with Gasteiger partial charge in [0.15, 0.2) is 0 Å². The Morgan fingerprint density at radius 2 is 0.803 bits per heavy atom. The van der Waals surface area contributed by atoms with Gasteiger partial charge in [-0.25, -0.2) is 8.42 Å². The quantitative estimate of drug-likeness (QED) is 0.0965. The van der Waals surface area contributed by atoms with E-state index in [1.807, 2.05) is 55.5 Å². The predicted molar refractivity (Wildman–Crippen MR) is 234 cm³/mol. The zero-order valence-electron chi connectivity index (χ0n) is 31.8. The van der Waals surface area contributed by atoms with Gasteiger partial charge in [-0.1, -0.05) is 64.2 Å². The molecule has 0 saturated heterocycles. The summed E-state index contributed by atoms with van der Waals surface area (Å²) in [6.07, 6.45) is 0. The molecule has 0 bridgehead atoms. The zero-order valence-corrected chi connectivity index (χ0v) is 32.6. The van der Waals surface area contributed by atoms with E-state index in [0.29, 0.717) is 34.1 Å². The molecule has 0 aliphatic carbocycles. The molecule has 2 aliphatic heterocycles. The highest BCUT2D eigenvalue weighted by atomic mass is 32.2. The van der Waals surface area contributed by atoms with Crippen molar-refractivity contribution in [3.63, 3.8) is 0 Å². The maximum atomic E-state index is 12.8. The lowest BCUT2D eigenvalue weighted by molar-refractivity contribution is 0.0677. The molecule has 0 fully saturated rings. The number of methoxy groups -OCH3 is 1. The zero-order chi connectivity index (χ0) is 41.1. The van der Waals surface area contributed by atoms with E-state index >= 15 is 0 Å². The molecule has 6 aromatic rings. The second kappa shape index (κ2) is 19.2. The Hall–Kier alpha value is -7.25. The van der Waals surface area contributed by atoms with Crippen LogP contribution in [0.4, 0.5) is 0 Å². The van der Waals surface area contributed by atoms with Gasteiger partial charge in [0.1, 0.15) is 28.7 Å². The molecule has 2 aliphatic rings. The van der Waals surface area contributed by atoms with Gasteiger partial charge in [0.25, 0.3) is 23.6 Å². The predicted octanol–water partition coefficient (Wildman–Crippen LogP) is 9.76. The summed E-state index contributed by atoms with van der Waals surface area (Å²) in [5.41, 5.74) is 4.39. The van der Waals surface area contributed by atoms with Crippen LogP contribution in [-0.4, -0.2) is 69.8 Å². The van der Waals surface area contributed by atoms with Crippen molar-refractivity contribution < 1.29 is 46.5 Å². The number of benzene rings is 6. The van der Waals surface area contributed by atoms with Crippen LogP contribution in [0, 0.1) is 6.92 Å². The molecule has 0 radical (unpaired) electrons. The van der Waals surface area contributed by atoms with Crippen LogP contribution < -0.4 is 18.9 Å². The molecule has 6 aromatic carbocycles. The first-order valence-corrected chi connectivity index (χ1v) is 19.3. The van der Waals surface area contributed by atoms with Crippen molar-refractivity contribution in [1.29, 1.82) is 0 Å². The number of amides is 4. The molecule has 13 heteroatoms. The molecule has 61 heavy (non-hydrogen) atoms. The molecular formula is C48H48N2O10S. The monoisotopic (exact) mass is 844 g/mol. The van der Waals surface area contributed by atoms with E-state index in [-0.39, 0.29) is 73.6 Å². The summed E-state index contributed by atoms with van der Waals surface area (Å²) < 4.78 is 47.6. The van der Waals surface area contributed by atoms with Crippen LogP contribution in [0.15, 0.2) is 143 Å². The molecule has 4 amide bonds. The van der Waals surface area contributed by atoms with Gasteiger partial charge in [0, 0.05) is 14.1 Å². The largest absolute Gasteiger partial charge is 0.497 e. The van der Waals surface area contributed by atoms with Crippen LogP contribution in [0.25, 0.3) is 11.1 Å². The van der Waals surface area contributed by atoms with Gasteiger partial charge in [-0.3, -0.25) is 29.0 Å². The van der Waals surface area contributed by atoms with Crippen molar-refractivity contribution >= 4 is 33.5 Å². The topological polar surface area (TPSA) is 146 Å². The Labute approximate surface area is 356 Å². The molecule has 12 nitrogen and oxygen atoms in total. The standard InChI is InChI=1S/C26H22O4S.C19H14N2O6.3CH4/c1-19-3-15-25(16-4-19)31(27,28)26-17-13-24(14-18-26)30-23-11-7-21(8-12-23)20-5-9-22(29-2)10-6-20;1-20-16(22)12-5-3-10(7-14(12)18(20)24)26-9-27-11-4-6-13-15(8-11)19(25)21(2)17(13)23;;;/h3-18H,1-2H3;3-8H,9H2,1-2H3;3*1H4. The van der Waals surface area contributed by atoms with Crippen LogP contribution >= 0.6 is 0 Å². The van der Waals surface area contributed by atoms with E-state index in [2.05, 4.69) is 0 Å². The van der Waals surface area contributed by atoms with Crippen molar-refractivity contribution in [3.8, 4) is 39.9 Å². The minimum Gasteiger partial charge on any atom is -0.497 e. The Morgan fingerprint density at radius 1 is 0.459 bits per heavy atom. The Morgan fingerprint density at radius 3 is 1.21 bits per heavy atom. The third-order valence-corrected chi connectivity index (χ3v) is 11.3. The number of carbonyl (C=O) groups excluding carboxylic acids is 4. The first kappa shape index (κ1) is 46.4. The van der Waals surface area contributed by atoms with Gasteiger partial charge in [-0.05, 0) is 115 Å². The molecule has 0 aromatic heterocycles. The summed E-state index contributed by atoms with van der Waals surface area (Å²) in [5, 5.41) is 0. The molecule has 0 N–H and O–H groups in total. The van der Waals surface area contributed by atoms with Gasteiger partial charge >= 0.3 is 0 Å². The molecule has 0 saturated carbocycles. The van der Waals surface area contributed by atoms with Gasteiger partial charge in [0.05, 0.1) is 39.2 Å². The summed E-state index contributed by atoms with van der Waals surface area (Å²) in [7, 11) is 0.938. The molecule has 8 rings (SSSR count). The van der Waals surface area contributed by atoms with E-state index in [1.165, 1.54) is 38.4 Å². The summed E-state index contributed by atoms with van der Waals surface area (Å²) in [4.78, 5) is 50.3. The smallest absolute Gasteiger partial charge is 0.261 e. The third-order valence-electron chi connectivity index (χ3n) is 9.55. The number of sulfone groups is 1. The summed E-state index contributed by atoms with van der Waals surface area (Å²) in [5.74, 6) is 1.34. The number of hydrogen-bond donors (Lipinski definition) is 0. The minimum atomic E-state index is -3.55. The van der Waals surface area contributed by atoms with Crippen LogP contribution in [-0.2, 0) is 9.84 Å². The SMILES string of the molecule is C.C.C.CN1C(=O)c2ccc(OCOc3ccc4c(c3)C(=O)N(C)C4=O)cc2C1=O.COc1ccc(-c2ccc(Oc3ccc(S(=O)(=O)c4ccc(C)cc4)cc3)cc2)cc1. The fourth-order valence-electron chi connectivity index (χ4n) is 6.20. The number of aryl methyl sites for hydroxylation is 1. The van der Waals surface area contributed by atoms with Crippen LogP contribution in [0.1, 0.15) is 69.3 Å². The van der Waals surface area contributed by atoms with Crippen LogP contribution in [0.3, 0.4) is 0 Å². The summed E-state index contributed by atoms with van der Waals surface area (Å²) in [6, 6.07) is 38.1. The number of rotatable bonds is 10. The minimum absolute atomic E-state index is 0. The molecule has 316 valence electrons. The van der Waals surface area contributed by atoms with Gasteiger partial charge in [-0.2, -0.15) is 0 Å². The molecule has 2 heterocycles. The third kappa shape index (κ3) is 9.63. The number of imide groups is 2. The maximum absolute atomic E-state index is 12.8. The van der Waals surface area contributed by atoms with Crippen molar-refractivity contribution in [1.82, 2.24) is 9.80 Å². The number of nitrogens with zero attached hydrogens (tertiary/aromatic N) is 2. The maximum Gasteiger partial charge on any atom is 0.261 e. The lowest BCUT2D eigenvalue weighted by Crippen LogP contribution is -2.24. The summed E-state index contributed by atoms with van der Waals surface area (Å²) >= 11 is 0. The summed E-state index contributed by atoms with van der Waals surface area (Å²) in [6.45, 7) is 1.75. The van der Waals surface area contributed by atoms with Gasteiger partial charge in [-0.15, -0.1) is 0 Å². The average molecular weight is 845 g/mol. The fraction of sp³-hybridized carbons (Fsp3) is 0.167. The second-order valence-corrected chi connectivity index (χ2v) is 15.3. The molecule has 0 spiro atoms. The van der Waals surface area contributed by atoms with Crippen molar-refractivity contribution in [2.75, 3.05) is 28.0 Å². The number of hydrogen-bond acceptors (Lipinski definition) is 10. The molecule has 0 unspecified atom stereocenters. The van der Waals surface area contributed by atoms with E-state index in [1.54, 1.807) is 67.8 Å². The fourth-order valence-corrected chi connectivity index (χ4v) is 7.46. The van der Waals surface area contributed by atoms with Crippen molar-refractivity contribution in [2.45, 2.75) is 39.0 Å². The molecule has 0 atom stereocenters. The van der Waals surface area contributed by atoms with E-state index in [0.717, 1.165) is 32.2 Å². The number of ether oxygens (including phenoxy) is 4. The lowest BCUT2D eigenvalue weighted by atomic mass is 10.1. The first-order chi connectivity index (χ1) is 27.8. The highest BCUT2D eigenvalue weighted by Crippen LogP contribution is 2.30. The van der Waals surface area contributed by atoms with E-state index in [4.69, 9.17) is 18.9 Å². The van der Waals surface area contributed by atoms with E-state index in [9.17, 15) is 27.6 Å². The average Bonchev–Trinajstić information content (AvgIpc) is 3.59. The first-order valence-electron chi connectivity index (χ1n) is 17.9. The highest BCUT2D eigenvalue weighted by Gasteiger charge is 2.34. The van der Waals surface area contributed by atoms with Crippen LogP contribution in [0.5, 0.6) is 28.7 Å². The second-order valence-electron chi connectivity index (χ2n) is 13.3. The Kier molecular flexibility index (Phi) is 14.6. The van der Waals surface area contributed by atoms with Crippen molar-refractivity contribution in [2.24, 2.45) is 0 Å².